The van der Waals surface area contributed by atoms with E-state index in [-0.39, 0.29) is 25.0 Å². The molecule has 132 valence electrons. The number of nitrogens with one attached hydrogen (secondary N) is 1. The molecule has 8 heteroatoms. The second kappa shape index (κ2) is 8.94. The average Bonchev–Trinajstić information content (AvgIpc) is 2.57. The first-order chi connectivity index (χ1) is 11.9. The summed E-state index contributed by atoms with van der Waals surface area (Å²) in [6.07, 6.45) is 0. The zero-order chi connectivity index (χ0) is 18.4. The molecule has 0 aliphatic carbocycles. The highest BCUT2D eigenvalue weighted by Crippen LogP contribution is 2.26. The Morgan fingerprint density at radius 3 is 2.44 bits per heavy atom. The van der Waals surface area contributed by atoms with Gasteiger partial charge in [0.15, 0.2) is 6.61 Å². The van der Waals surface area contributed by atoms with Crippen LogP contribution in [0.4, 0.5) is 5.69 Å². The Morgan fingerprint density at radius 1 is 1.04 bits per heavy atom. The Balaban J connectivity index is 1.84. The number of likely N-dealkylation sites (N-methyl/N-ethyl adjacent to an activating group) is 1. The molecule has 0 bridgehead atoms. The van der Waals surface area contributed by atoms with Gasteiger partial charge in [0.1, 0.15) is 5.75 Å². The molecule has 1 N–H and O–H groups in total. The number of benzene rings is 2. The largest absolute Gasteiger partial charge is 0.484 e. The lowest BCUT2D eigenvalue weighted by atomic mass is 10.3. The normalized spacial score (nSPS) is 10.2. The molecule has 2 aromatic carbocycles. The lowest BCUT2D eigenvalue weighted by molar-refractivity contribution is -0.135. The van der Waals surface area contributed by atoms with Crippen molar-refractivity contribution < 1.29 is 14.3 Å². The van der Waals surface area contributed by atoms with Crippen LogP contribution in [0.3, 0.4) is 0 Å². The second-order valence-electron chi connectivity index (χ2n) is 5.14. The Hall–Kier alpha value is -1.95. The van der Waals surface area contributed by atoms with E-state index in [4.69, 9.17) is 39.5 Å². The van der Waals surface area contributed by atoms with Gasteiger partial charge in [0.05, 0.1) is 27.3 Å². The van der Waals surface area contributed by atoms with E-state index in [2.05, 4.69) is 5.32 Å². The third-order valence-corrected chi connectivity index (χ3v) is 4.28. The van der Waals surface area contributed by atoms with Gasteiger partial charge in [-0.15, -0.1) is 0 Å². The summed E-state index contributed by atoms with van der Waals surface area (Å²) in [6.45, 7) is -0.359. The Morgan fingerprint density at radius 2 is 1.76 bits per heavy atom. The highest BCUT2D eigenvalue weighted by Gasteiger charge is 2.14. The van der Waals surface area contributed by atoms with Crippen LogP contribution in [-0.4, -0.2) is 36.9 Å². The van der Waals surface area contributed by atoms with Crippen molar-refractivity contribution in [2.75, 3.05) is 25.5 Å². The first kappa shape index (κ1) is 19.4. The molecule has 2 rings (SSSR count). The van der Waals surface area contributed by atoms with Crippen molar-refractivity contribution in [2.45, 2.75) is 0 Å². The van der Waals surface area contributed by atoms with Crippen molar-refractivity contribution in [3.8, 4) is 5.75 Å². The van der Waals surface area contributed by atoms with Crippen LogP contribution in [0.1, 0.15) is 0 Å². The summed E-state index contributed by atoms with van der Waals surface area (Å²) >= 11 is 17.7. The van der Waals surface area contributed by atoms with Crippen molar-refractivity contribution in [1.29, 1.82) is 0 Å². The summed E-state index contributed by atoms with van der Waals surface area (Å²) in [4.78, 5) is 25.3. The molecule has 0 atom stereocenters. The van der Waals surface area contributed by atoms with E-state index in [1.54, 1.807) is 36.4 Å². The number of anilines is 1. The van der Waals surface area contributed by atoms with Gasteiger partial charge in [-0.3, -0.25) is 9.59 Å². The topological polar surface area (TPSA) is 58.6 Å². The number of amides is 2. The minimum absolute atomic E-state index is 0.130. The van der Waals surface area contributed by atoms with Crippen LogP contribution in [0.25, 0.3) is 0 Å². The average molecular weight is 402 g/mol. The molecule has 0 saturated heterocycles. The van der Waals surface area contributed by atoms with Crippen LogP contribution in [0.2, 0.25) is 15.1 Å². The van der Waals surface area contributed by atoms with Gasteiger partial charge in [-0.1, -0.05) is 46.9 Å². The fraction of sp³-hybridized carbons (Fsp3) is 0.176. The second-order valence-corrected chi connectivity index (χ2v) is 6.36. The number of para-hydroxylation sites is 1. The van der Waals surface area contributed by atoms with Crippen LogP contribution in [0.15, 0.2) is 42.5 Å². The van der Waals surface area contributed by atoms with Crippen molar-refractivity contribution in [3.05, 3.63) is 57.5 Å². The summed E-state index contributed by atoms with van der Waals surface area (Å²) in [5, 5.41) is 3.80. The van der Waals surface area contributed by atoms with Gasteiger partial charge in [-0.25, -0.2) is 0 Å². The third kappa shape index (κ3) is 5.81. The molecule has 25 heavy (non-hydrogen) atoms. The van der Waals surface area contributed by atoms with Crippen molar-refractivity contribution in [3.63, 3.8) is 0 Å². The maximum Gasteiger partial charge on any atom is 0.260 e. The molecule has 0 aliphatic rings. The van der Waals surface area contributed by atoms with E-state index in [0.29, 0.717) is 26.5 Å². The number of carbonyl (C=O) groups excluding carboxylic acids is 2. The fourth-order valence-electron chi connectivity index (χ4n) is 1.88. The predicted octanol–water partition coefficient (Wildman–Crippen LogP) is 4.12. The smallest absolute Gasteiger partial charge is 0.260 e. The molecule has 0 saturated carbocycles. The van der Waals surface area contributed by atoms with E-state index >= 15 is 0 Å². The lowest BCUT2D eigenvalue weighted by Crippen LogP contribution is -2.37. The van der Waals surface area contributed by atoms with Crippen LogP contribution in [0.5, 0.6) is 5.75 Å². The van der Waals surface area contributed by atoms with E-state index in [1.807, 2.05) is 0 Å². The minimum Gasteiger partial charge on any atom is -0.484 e. The van der Waals surface area contributed by atoms with Crippen LogP contribution in [0, 0.1) is 0 Å². The first-order valence-corrected chi connectivity index (χ1v) is 8.36. The van der Waals surface area contributed by atoms with Crippen molar-refractivity contribution in [2.24, 2.45) is 0 Å². The predicted molar refractivity (Wildman–Crippen MR) is 99.7 cm³/mol. The van der Waals surface area contributed by atoms with E-state index in [9.17, 15) is 9.59 Å². The number of ether oxygens (including phenoxy) is 1. The highest BCUT2D eigenvalue weighted by molar-refractivity contribution is 6.42. The third-order valence-electron chi connectivity index (χ3n) is 3.21. The summed E-state index contributed by atoms with van der Waals surface area (Å²) in [5.74, 6) is -0.310. The van der Waals surface area contributed by atoms with Crippen molar-refractivity contribution >= 4 is 52.3 Å². The van der Waals surface area contributed by atoms with Gasteiger partial charge in [0.2, 0.25) is 5.91 Å². The number of carbonyl (C=O) groups is 2. The highest BCUT2D eigenvalue weighted by atomic mass is 35.5. The Kier molecular flexibility index (Phi) is 6.93. The zero-order valence-electron chi connectivity index (χ0n) is 13.3. The van der Waals surface area contributed by atoms with E-state index in [1.165, 1.54) is 18.0 Å². The molecule has 0 aliphatic heterocycles. The molecule has 0 spiro atoms. The van der Waals surface area contributed by atoms with Gasteiger partial charge in [0.25, 0.3) is 5.91 Å². The number of hydrogen-bond acceptors (Lipinski definition) is 3. The van der Waals surface area contributed by atoms with Gasteiger partial charge in [-0.05, 0) is 24.3 Å². The summed E-state index contributed by atoms with van der Waals surface area (Å²) in [5.41, 5.74) is 0.488. The molecular formula is C17H15Cl3N2O3. The minimum atomic E-state index is -0.363. The molecule has 0 fully saturated rings. The quantitative estimate of drug-likeness (QED) is 0.792. The first-order valence-electron chi connectivity index (χ1n) is 7.23. The number of halogens is 3. The van der Waals surface area contributed by atoms with E-state index in [0.717, 1.165) is 0 Å². The zero-order valence-corrected chi connectivity index (χ0v) is 15.5. The van der Waals surface area contributed by atoms with Crippen LogP contribution in [-0.2, 0) is 9.59 Å². The van der Waals surface area contributed by atoms with Crippen LogP contribution < -0.4 is 10.1 Å². The maximum atomic E-state index is 12.1. The van der Waals surface area contributed by atoms with Gasteiger partial charge >= 0.3 is 0 Å². The Labute approximate surface area is 160 Å². The summed E-state index contributed by atoms with van der Waals surface area (Å²) < 4.78 is 5.36. The molecule has 0 unspecified atom stereocenters. The SMILES string of the molecule is CN(CC(=O)Nc1ccccc1Cl)C(=O)COc1ccc(Cl)c(Cl)c1. The molecule has 0 heterocycles. The van der Waals surface area contributed by atoms with E-state index < -0.39 is 0 Å². The molecule has 0 aromatic heterocycles. The van der Waals surface area contributed by atoms with Gasteiger partial charge < -0.3 is 15.0 Å². The molecule has 0 radical (unpaired) electrons. The lowest BCUT2D eigenvalue weighted by Gasteiger charge is -2.17. The number of rotatable bonds is 6. The van der Waals surface area contributed by atoms with Gasteiger partial charge in [-0.2, -0.15) is 0 Å². The molecule has 2 aromatic rings. The molecule has 2 amide bonds. The van der Waals surface area contributed by atoms with Crippen LogP contribution >= 0.6 is 34.8 Å². The molecule has 5 nitrogen and oxygen atoms in total. The monoisotopic (exact) mass is 400 g/mol. The number of hydrogen-bond donors (Lipinski definition) is 1. The summed E-state index contributed by atoms with van der Waals surface area (Å²) in [7, 11) is 1.51. The number of nitrogens with zero attached hydrogens (tertiary/aromatic N) is 1. The fourth-order valence-corrected chi connectivity index (χ4v) is 2.35. The van der Waals surface area contributed by atoms with Crippen molar-refractivity contribution in [1.82, 2.24) is 4.90 Å². The van der Waals surface area contributed by atoms with Gasteiger partial charge in [0, 0.05) is 13.1 Å². The molecular weight excluding hydrogens is 387 g/mol. The maximum absolute atomic E-state index is 12.1. The standard InChI is InChI=1S/C17H15Cl3N2O3/c1-22(9-16(23)21-15-5-3-2-4-13(15)19)17(24)10-25-11-6-7-12(18)14(20)8-11/h2-8H,9-10H2,1H3,(H,21,23). The Bertz CT molecular complexity index is 783. The summed E-state index contributed by atoms with van der Waals surface area (Å²) in [6, 6.07) is 11.5.